The van der Waals surface area contributed by atoms with E-state index in [0.717, 1.165) is 12.1 Å². The number of nitrogens with two attached hydrogens (primary N) is 1. The van der Waals surface area contributed by atoms with Crippen LogP contribution in [0.3, 0.4) is 0 Å². The maximum absolute atomic E-state index is 13.3. The van der Waals surface area contributed by atoms with E-state index in [2.05, 4.69) is 0 Å². The fourth-order valence-electron chi connectivity index (χ4n) is 1.26. The standard InChI is InChI=1S/C11H14F3N.ClH/c1-11(2,3)10(15)8-6(12)4-5-7(13)9(8)14;/h4-5,10H,15H2,1-3H3;1H/t10-;/m1./s1. The molecule has 16 heavy (non-hydrogen) atoms. The zero-order valence-electron chi connectivity index (χ0n) is 9.35. The fourth-order valence-corrected chi connectivity index (χ4v) is 1.26. The lowest BCUT2D eigenvalue weighted by atomic mass is 9.82. The van der Waals surface area contributed by atoms with E-state index in [-0.39, 0.29) is 18.0 Å². The number of hydrogen-bond acceptors (Lipinski definition) is 1. The van der Waals surface area contributed by atoms with Gasteiger partial charge in [0.1, 0.15) is 5.82 Å². The van der Waals surface area contributed by atoms with Crippen molar-refractivity contribution in [2.24, 2.45) is 11.1 Å². The average Bonchev–Trinajstić information content (AvgIpc) is 2.10. The van der Waals surface area contributed by atoms with E-state index >= 15 is 0 Å². The first-order valence-corrected chi connectivity index (χ1v) is 4.64. The molecule has 1 atom stereocenters. The summed E-state index contributed by atoms with van der Waals surface area (Å²) in [5, 5.41) is 0. The second-order valence-electron chi connectivity index (χ2n) is 4.60. The smallest absolute Gasteiger partial charge is 0.166 e. The lowest BCUT2D eigenvalue weighted by molar-refractivity contribution is 0.306. The molecule has 0 saturated carbocycles. The lowest BCUT2D eigenvalue weighted by Gasteiger charge is -2.27. The van der Waals surface area contributed by atoms with Gasteiger partial charge in [-0.3, -0.25) is 0 Å². The van der Waals surface area contributed by atoms with Crippen LogP contribution >= 0.6 is 12.4 Å². The molecule has 0 heterocycles. The van der Waals surface area contributed by atoms with Gasteiger partial charge in [-0.25, -0.2) is 13.2 Å². The van der Waals surface area contributed by atoms with E-state index in [0.29, 0.717) is 0 Å². The summed E-state index contributed by atoms with van der Waals surface area (Å²) in [4.78, 5) is 0. The Morgan fingerprint density at radius 2 is 1.50 bits per heavy atom. The average molecular weight is 254 g/mol. The van der Waals surface area contributed by atoms with Gasteiger partial charge in [-0.1, -0.05) is 20.8 Å². The quantitative estimate of drug-likeness (QED) is 0.761. The molecule has 0 saturated heterocycles. The first-order chi connectivity index (χ1) is 6.75. The normalized spacial score (nSPS) is 13.2. The van der Waals surface area contributed by atoms with Crippen LogP contribution < -0.4 is 5.73 Å². The van der Waals surface area contributed by atoms with E-state index in [9.17, 15) is 13.2 Å². The Morgan fingerprint density at radius 3 is 1.94 bits per heavy atom. The van der Waals surface area contributed by atoms with Crippen molar-refractivity contribution >= 4 is 12.4 Å². The van der Waals surface area contributed by atoms with Gasteiger partial charge in [-0.15, -0.1) is 12.4 Å². The molecule has 0 spiro atoms. The summed E-state index contributed by atoms with van der Waals surface area (Å²) in [6.07, 6.45) is 0. The molecule has 2 N–H and O–H groups in total. The van der Waals surface area contributed by atoms with Crippen LogP contribution in [0.5, 0.6) is 0 Å². The Hall–Kier alpha value is -0.740. The molecule has 1 rings (SSSR count). The third kappa shape index (κ3) is 2.89. The summed E-state index contributed by atoms with van der Waals surface area (Å²) in [7, 11) is 0. The van der Waals surface area contributed by atoms with E-state index in [1.165, 1.54) is 0 Å². The van der Waals surface area contributed by atoms with Crippen molar-refractivity contribution in [1.82, 2.24) is 0 Å². The Bertz CT molecular complexity index is 374. The molecular weight excluding hydrogens is 239 g/mol. The van der Waals surface area contributed by atoms with Crippen LogP contribution in [0.2, 0.25) is 0 Å². The second kappa shape index (κ2) is 5.06. The summed E-state index contributed by atoms with van der Waals surface area (Å²) < 4.78 is 39.6. The molecule has 0 aliphatic rings. The molecule has 0 aliphatic carbocycles. The zero-order valence-corrected chi connectivity index (χ0v) is 10.2. The monoisotopic (exact) mass is 253 g/mol. The van der Waals surface area contributed by atoms with E-state index < -0.39 is 28.9 Å². The minimum atomic E-state index is -1.20. The topological polar surface area (TPSA) is 26.0 Å². The summed E-state index contributed by atoms with van der Waals surface area (Å²) in [5.41, 5.74) is 4.78. The highest BCUT2D eigenvalue weighted by Crippen LogP contribution is 2.33. The van der Waals surface area contributed by atoms with Crippen molar-refractivity contribution in [1.29, 1.82) is 0 Å². The third-order valence-corrected chi connectivity index (χ3v) is 2.32. The predicted octanol–water partition coefficient (Wildman–Crippen LogP) is 3.57. The van der Waals surface area contributed by atoms with Crippen LogP contribution in [0.4, 0.5) is 13.2 Å². The third-order valence-electron chi connectivity index (χ3n) is 2.32. The van der Waals surface area contributed by atoms with Gasteiger partial charge in [0.25, 0.3) is 0 Å². The van der Waals surface area contributed by atoms with Crippen LogP contribution in [0.1, 0.15) is 32.4 Å². The minimum absolute atomic E-state index is 0. The molecule has 92 valence electrons. The van der Waals surface area contributed by atoms with Gasteiger partial charge in [0, 0.05) is 11.6 Å². The molecule has 5 heteroatoms. The number of halogens is 4. The largest absolute Gasteiger partial charge is 0.323 e. The molecule has 0 unspecified atom stereocenters. The van der Waals surface area contributed by atoms with Crippen molar-refractivity contribution < 1.29 is 13.2 Å². The van der Waals surface area contributed by atoms with E-state index in [4.69, 9.17) is 5.73 Å². The maximum Gasteiger partial charge on any atom is 0.166 e. The van der Waals surface area contributed by atoms with Gasteiger partial charge < -0.3 is 5.73 Å². The Balaban J connectivity index is 0.00000225. The lowest BCUT2D eigenvalue weighted by Crippen LogP contribution is -2.28. The van der Waals surface area contributed by atoms with Gasteiger partial charge >= 0.3 is 0 Å². The van der Waals surface area contributed by atoms with Crippen LogP contribution in [0, 0.1) is 22.9 Å². The van der Waals surface area contributed by atoms with E-state index in [1.54, 1.807) is 20.8 Å². The molecule has 0 aliphatic heterocycles. The molecular formula is C11H15ClF3N. The summed E-state index contributed by atoms with van der Waals surface area (Å²) in [6.45, 7) is 5.21. The Labute approximate surface area is 99.2 Å². The number of rotatable bonds is 1. The van der Waals surface area contributed by atoms with Gasteiger partial charge in [-0.2, -0.15) is 0 Å². The van der Waals surface area contributed by atoms with Crippen molar-refractivity contribution in [2.75, 3.05) is 0 Å². The van der Waals surface area contributed by atoms with Crippen LogP contribution in [0.25, 0.3) is 0 Å². The van der Waals surface area contributed by atoms with Crippen LogP contribution in [0.15, 0.2) is 12.1 Å². The summed E-state index contributed by atoms with van der Waals surface area (Å²) in [5.74, 6) is -3.08. The van der Waals surface area contributed by atoms with Crippen LogP contribution in [-0.2, 0) is 0 Å². The molecule has 1 aromatic carbocycles. The van der Waals surface area contributed by atoms with Crippen LogP contribution in [-0.4, -0.2) is 0 Å². The van der Waals surface area contributed by atoms with Gasteiger partial charge in [0.05, 0.1) is 0 Å². The second-order valence-corrected chi connectivity index (χ2v) is 4.60. The van der Waals surface area contributed by atoms with Crippen molar-refractivity contribution in [3.63, 3.8) is 0 Å². The predicted molar refractivity (Wildman–Crippen MR) is 59.9 cm³/mol. The van der Waals surface area contributed by atoms with Crippen molar-refractivity contribution in [3.05, 3.63) is 35.1 Å². The van der Waals surface area contributed by atoms with Crippen molar-refractivity contribution in [2.45, 2.75) is 26.8 Å². The fraction of sp³-hybridized carbons (Fsp3) is 0.455. The molecule has 1 nitrogen and oxygen atoms in total. The SMILES string of the molecule is CC(C)(C)[C@H](N)c1c(F)ccc(F)c1F.Cl. The highest BCUT2D eigenvalue weighted by Gasteiger charge is 2.29. The Kier molecular flexibility index (Phi) is 4.83. The first kappa shape index (κ1) is 15.3. The molecule has 0 amide bonds. The molecule has 0 aromatic heterocycles. The number of benzene rings is 1. The van der Waals surface area contributed by atoms with Gasteiger partial charge in [-0.05, 0) is 17.5 Å². The van der Waals surface area contributed by atoms with Crippen molar-refractivity contribution in [3.8, 4) is 0 Å². The first-order valence-electron chi connectivity index (χ1n) is 4.64. The molecule has 0 fully saturated rings. The molecule has 0 bridgehead atoms. The zero-order chi connectivity index (χ0) is 11.8. The minimum Gasteiger partial charge on any atom is -0.323 e. The summed E-state index contributed by atoms with van der Waals surface area (Å²) >= 11 is 0. The van der Waals surface area contributed by atoms with E-state index in [1.807, 2.05) is 0 Å². The Morgan fingerprint density at radius 1 is 1.06 bits per heavy atom. The highest BCUT2D eigenvalue weighted by molar-refractivity contribution is 5.85. The maximum atomic E-state index is 13.3. The van der Waals surface area contributed by atoms with Gasteiger partial charge in [0.2, 0.25) is 0 Å². The number of hydrogen-bond donors (Lipinski definition) is 1. The molecule has 1 aromatic rings. The molecule has 0 radical (unpaired) electrons. The van der Waals surface area contributed by atoms with Gasteiger partial charge in [0.15, 0.2) is 11.6 Å². The highest BCUT2D eigenvalue weighted by atomic mass is 35.5. The summed E-state index contributed by atoms with van der Waals surface area (Å²) in [6, 6.07) is 0.760.